The second-order valence-electron chi connectivity index (χ2n) is 5.11. The van der Waals surface area contributed by atoms with Crippen LogP contribution in [0.5, 0.6) is 0 Å². The summed E-state index contributed by atoms with van der Waals surface area (Å²) < 4.78 is 11.6. The molecule has 0 amide bonds. The van der Waals surface area contributed by atoms with Crippen molar-refractivity contribution in [3.8, 4) is 0 Å². The van der Waals surface area contributed by atoms with Crippen molar-refractivity contribution in [3.05, 3.63) is 46.2 Å². The molecule has 3 heterocycles. The predicted octanol–water partition coefficient (Wildman–Crippen LogP) is 3.61. The quantitative estimate of drug-likeness (QED) is 0.776. The molecule has 2 aromatic rings. The molecule has 22 heavy (non-hydrogen) atoms. The lowest BCUT2D eigenvalue weighted by atomic mass is 10.0. The van der Waals surface area contributed by atoms with E-state index in [4.69, 9.17) is 14.5 Å². The molecule has 0 bridgehead atoms. The lowest BCUT2D eigenvalue weighted by Gasteiger charge is -2.30. The van der Waals surface area contributed by atoms with Crippen molar-refractivity contribution in [2.24, 2.45) is 0 Å². The fraction of sp³-hybridized carbons (Fsp3) is 0.375. The maximum atomic E-state index is 5.31. The van der Waals surface area contributed by atoms with Crippen molar-refractivity contribution in [1.82, 2.24) is 9.97 Å². The van der Waals surface area contributed by atoms with E-state index in [-0.39, 0.29) is 0 Å². The fourth-order valence-electron chi connectivity index (χ4n) is 2.67. The van der Waals surface area contributed by atoms with E-state index < -0.39 is 6.29 Å². The third-order valence-electron chi connectivity index (χ3n) is 3.72. The highest BCUT2D eigenvalue weighted by Gasteiger charge is 2.23. The molecule has 0 fully saturated rings. The Morgan fingerprint density at radius 1 is 1.18 bits per heavy atom. The molecule has 0 spiro atoms. The average Bonchev–Trinajstić information content (AvgIpc) is 2.56. The van der Waals surface area contributed by atoms with Crippen LogP contribution in [0.2, 0.25) is 0 Å². The summed E-state index contributed by atoms with van der Waals surface area (Å²) in [5.41, 5.74) is 2.00. The van der Waals surface area contributed by atoms with Gasteiger partial charge in [-0.2, -0.15) is 0 Å². The number of fused-ring (bicyclic) bond motifs is 1. The summed E-state index contributed by atoms with van der Waals surface area (Å²) in [6, 6.07) is 8.06. The highest BCUT2D eigenvalue weighted by molar-refractivity contribution is 9.10. The number of nitrogens with zero attached hydrogens (tertiary/aromatic N) is 3. The van der Waals surface area contributed by atoms with Gasteiger partial charge in [0.2, 0.25) is 6.29 Å². The van der Waals surface area contributed by atoms with Crippen LogP contribution in [-0.2, 0) is 15.9 Å². The van der Waals surface area contributed by atoms with Crippen LogP contribution in [-0.4, -0.2) is 30.7 Å². The number of ether oxygens (including phenoxy) is 2. The van der Waals surface area contributed by atoms with Crippen molar-refractivity contribution < 1.29 is 9.47 Å². The zero-order valence-electron chi connectivity index (χ0n) is 12.6. The van der Waals surface area contributed by atoms with Gasteiger partial charge in [0.1, 0.15) is 11.6 Å². The molecule has 0 atom stereocenters. The molecule has 0 unspecified atom stereocenters. The molecule has 0 aromatic carbocycles. The molecule has 0 saturated heterocycles. The number of hydrogen-bond acceptors (Lipinski definition) is 5. The topological polar surface area (TPSA) is 47.5 Å². The maximum absolute atomic E-state index is 5.31. The number of pyridine rings is 2. The first-order valence-electron chi connectivity index (χ1n) is 7.17. The largest absolute Gasteiger partial charge is 0.350 e. The second-order valence-corrected chi connectivity index (χ2v) is 6.03. The molecular formula is C16H18BrN3O2. The van der Waals surface area contributed by atoms with Gasteiger partial charge in [0.05, 0.1) is 5.69 Å². The minimum Gasteiger partial charge on any atom is -0.350 e. The van der Waals surface area contributed by atoms with Crippen LogP contribution >= 0.6 is 15.9 Å². The van der Waals surface area contributed by atoms with Gasteiger partial charge in [-0.25, -0.2) is 9.97 Å². The van der Waals surface area contributed by atoms with Gasteiger partial charge < -0.3 is 14.4 Å². The van der Waals surface area contributed by atoms with Gasteiger partial charge in [0.15, 0.2) is 0 Å². The molecule has 6 heteroatoms. The first-order chi connectivity index (χ1) is 10.7. The molecule has 3 rings (SSSR count). The number of anilines is 2. The first-order valence-corrected chi connectivity index (χ1v) is 7.96. The maximum Gasteiger partial charge on any atom is 0.200 e. The van der Waals surface area contributed by atoms with Crippen LogP contribution in [0.3, 0.4) is 0 Å². The lowest BCUT2D eigenvalue weighted by molar-refractivity contribution is -0.108. The summed E-state index contributed by atoms with van der Waals surface area (Å²) in [7, 11) is 3.23. The Balaban J connectivity index is 2.00. The van der Waals surface area contributed by atoms with E-state index in [2.05, 4.69) is 31.9 Å². The molecule has 1 aliphatic heterocycles. The second kappa shape index (κ2) is 6.73. The van der Waals surface area contributed by atoms with Crippen LogP contribution in [0, 0.1) is 0 Å². The van der Waals surface area contributed by atoms with Gasteiger partial charge >= 0.3 is 0 Å². The Morgan fingerprint density at radius 3 is 2.68 bits per heavy atom. The van der Waals surface area contributed by atoms with Crippen LogP contribution < -0.4 is 4.90 Å². The Bertz CT molecular complexity index is 644. The molecule has 0 radical (unpaired) electrons. The number of hydrogen-bond donors (Lipinski definition) is 0. The highest BCUT2D eigenvalue weighted by Crippen LogP contribution is 2.32. The zero-order chi connectivity index (χ0) is 15.5. The van der Waals surface area contributed by atoms with E-state index in [1.165, 1.54) is 5.56 Å². The number of halogens is 1. The van der Waals surface area contributed by atoms with Gasteiger partial charge in [-0.1, -0.05) is 6.07 Å². The average molecular weight is 364 g/mol. The smallest absolute Gasteiger partial charge is 0.200 e. The van der Waals surface area contributed by atoms with Crippen molar-refractivity contribution in [2.75, 3.05) is 25.7 Å². The molecule has 0 aliphatic carbocycles. The third-order valence-corrected chi connectivity index (χ3v) is 4.19. The van der Waals surface area contributed by atoms with Gasteiger partial charge in [-0.15, -0.1) is 0 Å². The lowest BCUT2D eigenvalue weighted by Crippen LogP contribution is -2.27. The van der Waals surface area contributed by atoms with E-state index >= 15 is 0 Å². The van der Waals surface area contributed by atoms with Gasteiger partial charge in [0, 0.05) is 31.4 Å². The summed E-state index contributed by atoms with van der Waals surface area (Å²) >= 11 is 3.42. The fourth-order valence-corrected chi connectivity index (χ4v) is 2.91. The minimum atomic E-state index is -0.452. The summed E-state index contributed by atoms with van der Waals surface area (Å²) in [5, 5.41) is 0. The van der Waals surface area contributed by atoms with Gasteiger partial charge in [-0.3, -0.25) is 0 Å². The Labute approximate surface area is 138 Å². The normalized spacial score (nSPS) is 14.3. The predicted molar refractivity (Wildman–Crippen MR) is 88.3 cm³/mol. The molecule has 5 nitrogen and oxygen atoms in total. The molecule has 2 aromatic heterocycles. The molecule has 0 saturated carbocycles. The van der Waals surface area contributed by atoms with E-state index in [9.17, 15) is 0 Å². The number of aromatic nitrogens is 2. The van der Waals surface area contributed by atoms with Crippen LogP contribution in [0.4, 0.5) is 11.6 Å². The molecule has 0 N–H and O–H groups in total. The van der Waals surface area contributed by atoms with Crippen LogP contribution in [0.25, 0.3) is 0 Å². The van der Waals surface area contributed by atoms with E-state index in [0.717, 1.165) is 41.2 Å². The Kier molecular flexibility index (Phi) is 4.71. The van der Waals surface area contributed by atoms with Crippen LogP contribution in [0.15, 0.2) is 34.9 Å². The van der Waals surface area contributed by atoms with Crippen LogP contribution in [0.1, 0.15) is 24.0 Å². The van der Waals surface area contributed by atoms with Crippen molar-refractivity contribution in [1.29, 1.82) is 0 Å². The zero-order valence-corrected chi connectivity index (χ0v) is 14.2. The molecular weight excluding hydrogens is 346 g/mol. The first kappa shape index (κ1) is 15.4. The van der Waals surface area contributed by atoms with E-state index in [1.54, 1.807) is 20.4 Å². The number of aryl methyl sites for hydroxylation is 1. The number of methoxy groups -OCH3 is 2. The number of rotatable bonds is 4. The third kappa shape index (κ3) is 2.99. The highest BCUT2D eigenvalue weighted by atomic mass is 79.9. The summed E-state index contributed by atoms with van der Waals surface area (Å²) in [6.45, 7) is 0.905. The van der Waals surface area contributed by atoms with Crippen molar-refractivity contribution in [3.63, 3.8) is 0 Å². The summed E-state index contributed by atoms with van der Waals surface area (Å²) in [6.07, 6.45) is 3.47. The van der Waals surface area contributed by atoms with Gasteiger partial charge in [0.25, 0.3) is 0 Å². The monoisotopic (exact) mass is 363 g/mol. The standard InChI is InChI=1S/C16H18BrN3O2/c1-21-16(22-2)13-7-5-11-4-3-9-20(15(11)19-13)14-8-6-12(17)10-18-14/h5-8,10,16H,3-4,9H2,1-2H3. The molecule has 1 aliphatic rings. The van der Waals surface area contributed by atoms with Crippen molar-refractivity contribution in [2.45, 2.75) is 19.1 Å². The summed E-state index contributed by atoms with van der Waals surface area (Å²) in [5.74, 6) is 1.85. The van der Waals surface area contributed by atoms with Crippen molar-refractivity contribution >= 4 is 27.6 Å². The summed E-state index contributed by atoms with van der Waals surface area (Å²) in [4.78, 5) is 11.4. The molecule has 116 valence electrons. The SMILES string of the molecule is COC(OC)c1ccc2c(n1)N(c1ccc(Br)cn1)CCC2. The Morgan fingerprint density at radius 2 is 2.00 bits per heavy atom. The van der Waals surface area contributed by atoms with Gasteiger partial charge in [-0.05, 0) is 52.5 Å². The Hall–Kier alpha value is -1.50. The van der Waals surface area contributed by atoms with E-state index in [1.807, 2.05) is 18.2 Å². The van der Waals surface area contributed by atoms with E-state index in [0.29, 0.717) is 0 Å². The minimum absolute atomic E-state index is 0.452.